The minimum atomic E-state index is -0.584. The highest BCUT2D eigenvalue weighted by Crippen LogP contribution is 2.28. The molecule has 144 valence electrons. The summed E-state index contributed by atoms with van der Waals surface area (Å²) < 4.78 is 0. The Morgan fingerprint density at radius 3 is 2.74 bits per heavy atom. The minimum absolute atomic E-state index is 0.0882. The Labute approximate surface area is 157 Å². The Morgan fingerprint density at radius 1 is 1.26 bits per heavy atom. The molecule has 3 aliphatic heterocycles. The number of hydrogen-bond acceptors (Lipinski definition) is 6. The molecule has 1 unspecified atom stereocenters. The van der Waals surface area contributed by atoms with Gasteiger partial charge < -0.3 is 20.6 Å². The molecule has 0 aliphatic carbocycles. The van der Waals surface area contributed by atoms with Gasteiger partial charge in [0.1, 0.15) is 6.04 Å². The van der Waals surface area contributed by atoms with Gasteiger partial charge in [-0.25, -0.2) is 0 Å². The second kappa shape index (κ2) is 7.03. The van der Waals surface area contributed by atoms with Crippen LogP contribution in [0.4, 0.5) is 0 Å². The summed E-state index contributed by atoms with van der Waals surface area (Å²) in [6, 6.07) is 5.21. The predicted octanol–water partition coefficient (Wildman–Crippen LogP) is -0.881. The number of imide groups is 1. The van der Waals surface area contributed by atoms with E-state index in [4.69, 9.17) is 0 Å². The Morgan fingerprint density at radius 2 is 2.07 bits per heavy atom. The standard InChI is InChI=1S/C19H24N4O4/c24-11-19(9-21-10-19)8-20-6-12-1-2-13-7-23(18(27)14(13)5-12)15-3-4-16(25)22-17(15)26/h1-2,5,15,20-21,24H,3-4,6-11H2,(H,22,25,26). The largest absolute Gasteiger partial charge is 0.396 e. The normalized spacial score (nSPS) is 23.8. The van der Waals surface area contributed by atoms with Crippen molar-refractivity contribution in [2.24, 2.45) is 5.41 Å². The van der Waals surface area contributed by atoms with Crippen LogP contribution >= 0.6 is 0 Å². The van der Waals surface area contributed by atoms with Crippen molar-refractivity contribution in [3.63, 3.8) is 0 Å². The maximum Gasteiger partial charge on any atom is 0.255 e. The van der Waals surface area contributed by atoms with Crippen molar-refractivity contribution in [1.29, 1.82) is 0 Å². The Hall–Kier alpha value is -2.29. The monoisotopic (exact) mass is 372 g/mol. The zero-order valence-electron chi connectivity index (χ0n) is 15.1. The van der Waals surface area contributed by atoms with Crippen LogP contribution in [0.15, 0.2) is 18.2 Å². The summed E-state index contributed by atoms with van der Waals surface area (Å²) in [7, 11) is 0. The number of fused-ring (bicyclic) bond motifs is 1. The van der Waals surface area contributed by atoms with Gasteiger partial charge in [0.25, 0.3) is 5.91 Å². The molecule has 2 fully saturated rings. The summed E-state index contributed by atoms with van der Waals surface area (Å²) >= 11 is 0. The molecule has 1 aromatic rings. The van der Waals surface area contributed by atoms with Crippen molar-refractivity contribution in [3.8, 4) is 0 Å². The first-order valence-electron chi connectivity index (χ1n) is 9.30. The van der Waals surface area contributed by atoms with E-state index in [-0.39, 0.29) is 30.3 Å². The Kier molecular flexibility index (Phi) is 4.71. The lowest BCUT2D eigenvalue weighted by Crippen LogP contribution is -2.60. The minimum Gasteiger partial charge on any atom is -0.396 e. The lowest BCUT2D eigenvalue weighted by Gasteiger charge is -2.41. The van der Waals surface area contributed by atoms with Crippen LogP contribution in [0.5, 0.6) is 0 Å². The number of amides is 3. The average Bonchev–Trinajstić information content (AvgIpc) is 2.94. The lowest BCUT2D eigenvalue weighted by atomic mass is 9.82. The van der Waals surface area contributed by atoms with Gasteiger partial charge >= 0.3 is 0 Å². The Bertz CT molecular complexity index is 784. The number of carbonyl (C=O) groups excluding carboxylic acids is 3. The van der Waals surface area contributed by atoms with Crippen LogP contribution in [-0.2, 0) is 22.7 Å². The quantitative estimate of drug-likeness (QED) is 0.483. The van der Waals surface area contributed by atoms with E-state index in [1.807, 2.05) is 18.2 Å². The maximum absolute atomic E-state index is 12.8. The molecule has 3 heterocycles. The van der Waals surface area contributed by atoms with Crippen molar-refractivity contribution >= 4 is 17.7 Å². The number of aliphatic hydroxyl groups is 1. The zero-order chi connectivity index (χ0) is 19.0. The fourth-order valence-electron chi connectivity index (χ4n) is 3.96. The molecule has 0 radical (unpaired) electrons. The van der Waals surface area contributed by atoms with Crippen LogP contribution in [0.25, 0.3) is 0 Å². The van der Waals surface area contributed by atoms with E-state index in [1.54, 1.807) is 4.90 Å². The number of aliphatic hydroxyl groups excluding tert-OH is 1. The summed E-state index contributed by atoms with van der Waals surface area (Å²) in [6.45, 7) is 3.48. The van der Waals surface area contributed by atoms with Crippen molar-refractivity contribution in [2.75, 3.05) is 26.2 Å². The van der Waals surface area contributed by atoms with Crippen LogP contribution in [0.3, 0.4) is 0 Å². The fraction of sp³-hybridized carbons (Fsp3) is 0.526. The Balaban J connectivity index is 1.40. The molecule has 4 rings (SSSR count). The van der Waals surface area contributed by atoms with E-state index in [9.17, 15) is 19.5 Å². The summed E-state index contributed by atoms with van der Waals surface area (Å²) in [6.07, 6.45) is 0.628. The third-order valence-electron chi connectivity index (χ3n) is 5.76. The maximum atomic E-state index is 12.8. The van der Waals surface area contributed by atoms with E-state index >= 15 is 0 Å². The second-order valence-electron chi connectivity index (χ2n) is 7.76. The van der Waals surface area contributed by atoms with Crippen molar-refractivity contribution in [1.82, 2.24) is 20.9 Å². The average molecular weight is 372 g/mol. The molecular weight excluding hydrogens is 348 g/mol. The zero-order valence-corrected chi connectivity index (χ0v) is 15.1. The highest BCUT2D eigenvalue weighted by molar-refractivity contribution is 6.05. The van der Waals surface area contributed by atoms with Gasteiger partial charge in [-0.15, -0.1) is 0 Å². The van der Waals surface area contributed by atoms with E-state index in [0.29, 0.717) is 31.6 Å². The van der Waals surface area contributed by atoms with Crippen molar-refractivity contribution in [3.05, 3.63) is 34.9 Å². The fourth-order valence-corrected chi connectivity index (χ4v) is 3.96. The molecule has 2 saturated heterocycles. The predicted molar refractivity (Wildman–Crippen MR) is 96.6 cm³/mol. The van der Waals surface area contributed by atoms with Gasteiger partial charge in [-0.3, -0.25) is 19.7 Å². The van der Waals surface area contributed by atoms with E-state index in [1.165, 1.54) is 0 Å². The van der Waals surface area contributed by atoms with Gasteiger partial charge in [0.15, 0.2) is 0 Å². The third-order valence-corrected chi connectivity index (χ3v) is 5.76. The molecule has 27 heavy (non-hydrogen) atoms. The molecule has 8 heteroatoms. The topological polar surface area (TPSA) is 111 Å². The number of nitrogens with zero attached hydrogens (tertiary/aromatic N) is 1. The second-order valence-corrected chi connectivity index (χ2v) is 7.76. The molecule has 8 nitrogen and oxygen atoms in total. The van der Waals surface area contributed by atoms with Crippen LogP contribution in [-0.4, -0.2) is 60.0 Å². The molecule has 3 aliphatic rings. The van der Waals surface area contributed by atoms with Gasteiger partial charge in [0.05, 0.1) is 6.61 Å². The van der Waals surface area contributed by atoms with Gasteiger partial charge in [0, 0.05) is 50.1 Å². The molecule has 1 aromatic carbocycles. The molecule has 3 amide bonds. The van der Waals surface area contributed by atoms with Crippen LogP contribution in [0.2, 0.25) is 0 Å². The molecule has 0 aromatic heterocycles. The number of piperidine rings is 1. The number of benzene rings is 1. The molecule has 0 bridgehead atoms. The number of nitrogens with one attached hydrogen (secondary N) is 3. The highest BCUT2D eigenvalue weighted by atomic mass is 16.3. The van der Waals surface area contributed by atoms with Crippen molar-refractivity contribution in [2.45, 2.75) is 32.0 Å². The van der Waals surface area contributed by atoms with Gasteiger partial charge in [-0.05, 0) is 23.6 Å². The van der Waals surface area contributed by atoms with Gasteiger partial charge in [0.2, 0.25) is 11.8 Å². The van der Waals surface area contributed by atoms with Crippen LogP contribution in [0.1, 0.15) is 34.3 Å². The summed E-state index contributed by atoms with van der Waals surface area (Å²) in [5.74, 6) is -0.829. The first-order valence-corrected chi connectivity index (χ1v) is 9.30. The third kappa shape index (κ3) is 3.36. The highest BCUT2D eigenvalue weighted by Gasteiger charge is 2.39. The SMILES string of the molecule is O=C1CCC(N2Cc3ccc(CNCC4(CO)CNC4)cc3C2=O)C(=O)N1. The number of rotatable bonds is 6. The molecule has 0 saturated carbocycles. The number of carbonyl (C=O) groups is 3. The lowest BCUT2D eigenvalue weighted by molar-refractivity contribution is -0.136. The van der Waals surface area contributed by atoms with Gasteiger partial charge in [-0.1, -0.05) is 12.1 Å². The summed E-state index contributed by atoms with van der Waals surface area (Å²) in [5.41, 5.74) is 2.44. The first-order chi connectivity index (χ1) is 13.0. The number of hydrogen-bond donors (Lipinski definition) is 4. The smallest absolute Gasteiger partial charge is 0.255 e. The summed E-state index contributed by atoms with van der Waals surface area (Å²) in [5, 5.41) is 18.4. The molecular formula is C19H24N4O4. The molecule has 1 atom stereocenters. The van der Waals surface area contributed by atoms with Crippen molar-refractivity contribution < 1.29 is 19.5 Å². The van der Waals surface area contributed by atoms with Crippen LogP contribution < -0.4 is 16.0 Å². The van der Waals surface area contributed by atoms with E-state index in [0.717, 1.165) is 24.2 Å². The van der Waals surface area contributed by atoms with Crippen LogP contribution in [0, 0.1) is 5.41 Å². The summed E-state index contributed by atoms with van der Waals surface area (Å²) in [4.78, 5) is 37.8. The van der Waals surface area contributed by atoms with Gasteiger partial charge in [-0.2, -0.15) is 0 Å². The first kappa shape index (κ1) is 18.1. The van der Waals surface area contributed by atoms with E-state index in [2.05, 4.69) is 16.0 Å². The molecule has 0 spiro atoms. The molecule has 4 N–H and O–H groups in total. The van der Waals surface area contributed by atoms with E-state index < -0.39 is 11.9 Å².